The Hall–Kier alpha value is -2.38. The largest absolute Gasteiger partial charge is 0.458 e. The first kappa shape index (κ1) is 18.6. The third kappa shape index (κ3) is 7.71. The molecule has 0 aromatic heterocycles. The lowest BCUT2D eigenvalue weighted by atomic mass is 10.2. The van der Waals surface area contributed by atoms with E-state index in [1.807, 2.05) is 14.1 Å². The molecule has 7 nitrogen and oxygen atoms in total. The van der Waals surface area contributed by atoms with Crippen LogP contribution < -0.4 is 0 Å². The van der Waals surface area contributed by atoms with Crippen molar-refractivity contribution in [2.45, 2.75) is 6.92 Å². The van der Waals surface area contributed by atoms with Crippen molar-refractivity contribution in [3.05, 3.63) is 12.2 Å². The van der Waals surface area contributed by atoms with E-state index in [2.05, 4.69) is 6.58 Å². The molecular weight excluding hydrogens is 274 g/mol. The number of carbonyl (C=O) groups excluding carboxylic acids is 2. The van der Waals surface area contributed by atoms with Gasteiger partial charge in [-0.25, -0.2) is 9.59 Å². The highest BCUT2D eigenvalue weighted by Crippen LogP contribution is 2.01. The van der Waals surface area contributed by atoms with E-state index < -0.39 is 17.9 Å². The van der Waals surface area contributed by atoms with Crippen LogP contribution in [0.2, 0.25) is 0 Å². The molecule has 0 fully saturated rings. The van der Waals surface area contributed by atoms with Crippen LogP contribution in [0.15, 0.2) is 12.2 Å². The summed E-state index contributed by atoms with van der Waals surface area (Å²) in [6, 6.07) is 3.10. The average molecular weight is 294 g/mol. The summed E-state index contributed by atoms with van der Waals surface area (Å²) in [7, 11) is 3.77. The molecule has 0 aliphatic rings. The van der Waals surface area contributed by atoms with E-state index in [0.29, 0.717) is 23.1 Å². The number of hydrogen-bond donors (Lipinski definition) is 0. The van der Waals surface area contributed by atoms with Crippen LogP contribution >= 0.6 is 0 Å². The fourth-order valence-electron chi connectivity index (χ4n) is 1.23. The number of quaternary nitrogens is 1. The monoisotopic (exact) mass is 294 g/mol. The van der Waals surface area contributed by atoms with Gasteiger partial charge in [0.05, 0.1) is 26.2 Å². The Bertz CT molecular complexity index is 471. The van der Waals surface area contributed by atoms with E-state index in [1.165, 1.54) is 0 Å². The molecule has 0 rings (SSSR count). The second kappa shape index (κ2) is 8.72. The molecule has 0 aliphatic heterocycles. The molecule has 0 aromatic carbocycles. The molecule has 21 heavy (non-hydrogen) atoms. The van der Waals surface area contributed by atoms with E-state index in [9.17, 15) is 9.59 Å². The number of nitriles is 2. The summed E-state index contributed by atoms with van der Waals surface area (Å²) < 4.78 is 10.3. The van der Waals surface area contributed by atoms with Crippen molar-refractivity contribution >= 4 is 11.9 Å². The highest BCUT2D eigenvalue weighted by Gasteiger charge is 2.21. The summed E-state index contributed by atoms with van der Waals surface area (Å²) in [6.45, 7) is 6.38. The predicted molar refractivity (Wildman–Crippen MR) is 73.3 cm³/mol. The number of nitrogens with zero attached hydrogens (tertiary/aromatic N) is 3. The van der Waals surface area contributed by atoms with Crippen molar-refractivity contribution in [3.63, 3.8) is 0 Å². The molecule has 0 aromatic rings. The summed E-state index contributed by atoms with van der Waals surface area (Å²) >= 11 is 0. The number of rotatable bonds is 8. The minimum Gasteiger partial charge on any atom is -0.458 e. The van der Waals surface area contributed by atoms with Gasteiger partial charge in [0.25, 0.3) is 0 Å². The molecule has 0 spiro atoms. The molecule has 0 heterocycles. The number of ether oxygens (including phenoxy) is 2. The molecule has 0 atom stereocenters. The van der Waals surface area contributed by atoms with Gasteiger partial charge in [-0.1, -0.05) is 6.58 Å². The van der Waals surface area contributed by atoms with Gasteiger partial charge in [-0.3, -0.25) is 0 Å². The fraction of sp³-hybridized carbons (Fsp3) is 0.571. The van der Waals surface area contributed by atoms with Crippen LogP contribution in [-0.2, 0) is 19.1 Å². The summed E-state index contributed by atoms with van der Waals surface area (Å²) in [4.78, 5) is 22.5. The minimum absolute atomic E-state index is 0.0835. The molecule has 0 saturated heterocycles. The smallest absolute Gasteiger partial charge is 0.338 e. The molecule has 0 bridgehead atoms. The van der Waals surface area contributed by atoms with Gasteiger partial charge in [0.1, 0.15) is 26.3 Å². The predicted octanol–water partition coefficient (Wildman–Crippen LogP) is 0.389. The SMILES string of the molecule is C=C(C)C(=O)OCC[N+](C)(C)CCOC(=O)C(C#N)C#N. The van der Waals surface area contributed by atoms with Gasteiger partial charge in [-0.05, 0) is 6.92 Å². The molecule has 0 aliphatic carbocycles. The van der Waals surface area contributed by atoms with Crippen molar-refractivity contribution in [2.24, 2.45) is 5.92 Å². The zero-order valence-electron chi connectivity index (χ0n) is 12.6. The first-order valence-corrected chi connectivity index (χ1v) is 6.34. The Balaban J connectivity index is 4.07. The molecular formula is C14H20N3O4+. The van der Waals surface area contributed by atoms with Crippen LogP contribution in [0.5, 0.6) is 0 Å². The first-order chi connectivity index (χ1) is 9.73. The van der Waals surface area contributed by atoms with E-state index >= 15 is 0 Å². The van der Waals surface area contributed by atoms with E-state index in [4.69, 9.17) is 20.0 Å². The van der Waals surface area contributed by atoms with Gasteiger partial charge in [0.15, 0.2) is 0 Å². The highest BCUT2D eigenvalue weighted by molar-refractivity contribution is 5.86. The van der Waals surface area contributed by atoms with Crippen molar-refractivity contribution < 1.29 is 23.5 Å². The number of likely N-dealkylation sites (N-methyl/N-ethyl adjacent to an activating group) is 1. The molecule has 0 radical (unpaired) electrons. The average Bonchev–Trinajstić information content (AvgIpc) is 2.39. The Morgan fingerprint density at radius 2 is 1.62 bits per heavy atom. The maximum atomic E-state index is 11.3. The maximum absolute atomic E-state index is 11.3. The Kier molecular flexibility index (Phi) is 7.74. The van der Waals surface area contributed by atoms with Gasteiger partial charge in [-0.2, -0.15) is 10.5 Å². The van der Waals surface area contributed by atoms with Crippen LogP contribution in [0.3, 0.4) is 0 Å². The highest BCUT2D eigenvalue weighted by atomic mass is 16.5. The van der Waals surface area contributed by atoms with Gasteiger partial charge >= 0.3 is 11.9 Å². The normalized spacial score (nSPS) is 10.4. The number of carbonyl (C=O) groups is 2. The van der Waals surface area contributed by atoms with Crippen LogP contribution in [0, 0.1) is 28.6 Å². The van der Waals surface area contributed by atoms with Crippen LogP contribution in [-0.4, -0.2) is 56.8 Å². The van der Waals surface area contributed by atoms with Gasteiger partial charge in [0, 0.05) is 5.57 Å². The second-order valence-electron chi connectivity index (χ2n) is 5.16. The van der Waals surface area contributed by atoms with Crippen LogP contribution in [0.1, 0.15) is 6.92 Å². The summed E-state index contributed by atoms with van der Waals surface area (Å²) in [5, 5.41) is 17.1. The molecule has 0 saturated carbocycles. The lowest BCUT2D eigenvalue weighted by Gasteiger charge is -2.29. The first-order valence-electron chi connectivity index (χ1n) is 6.34. The van der Waals surface area contributed by atoms with Crippen molar-refractivity contribution in [1.82, 2.24) is 0 Å². The van der Waals surface area contributed by atoms with Gasteiger partial charge in [-0.15, -0.1) is 0 Å². The van der Waals surface area contributed by atoms with Crippen molar-refractivity contribution in [3.8, 4) is 12.1 Å². The number of hydrogen-bond acceptors (Lipinski definition) is 6. The van der Waals surface area contributed by atoms with E-state index in [0.717, 1.165) is 0 Å². The summed E-state index contributed by atoms with van der Waals surface area (Å²) in [6.07, 6.45) is 0. The molecule has 7 heteroatoms. The molecule has 114 valence electrons. The minimum atomic E-state index is -1.39. The van der Waals surface area contributed by atoms with E-state index in [-0.39, 0.29) is 13.2 Å². The third-order valence-electron chi connectivity index (χ3n) is 2.71. The molecule has 0 N–H and O–H groups in total. The summed E-state index contributed by atoms with van der Waals surface area (Å²) in [5.74, 6) is -2.67. The van der Waals surface area contributed by atoms with Gasteiger partial charge < -0.3 is 14.0 Å². The van der Waals surface area contributed by atoms with E-state index in [1.54, 1.807) is 19.1 Å². The lowest BCUT2D eigenvalue weighted by Crippen LogP contribution is -2.45. The zero-order chi connectivity index (χ0) is 16.5. The summed E-state index contributed by atoms with van der Waals surface area (Å²) in [5.41, 5.74) is 0.341. The Morgan fingerprint density at radius 3 is 2.05 bits per heavy atom. The fourth-order valence-corrected chi connectivity index (χ4v) is 1.23. The third-order valence-corrected chi connectivity index (χ3v) is 2.71. The maximum Gasteiger partial charge on any atom is 0.338 e. The van der Waals surface area contributed by atoms with Gasteiger partial charge in [0.2, 0.25) is 5.92 Å². The van der Waals surface area contributed by atoms with Crippen LogP contribution in [0.25, 0.3) is 0 Å². The lowest BCUT2D eigenvalue weighted by molar-refractivity contribution is -0.890. The molecule has 0 unspecified atom stereocenters. The quantitative estimate of drug-likeness (QED) is 0.364. The van der Waals surface area contributed by atoms with Crippen molar-refractivity contribution in [1.29, 1.82) is 10.5 Å². The standard InChI is InChI=1S/C14H20N3O4/c1-11(2)13(18)20-7-5-17(3,4)6-8-21-14(19)12(9-15)10-16/h12H,1,5-8H2,2-4H3/q+1. The van der Waals surface area contributed by atoms with Crippen LogP contribution in [0.4, 0.5) is 0 Å². The topological polar surface area (TPSA) is 100 Å². The second-order valence-corrected chi connectivity index (χ2v) is 5.16. The number of esters is 2. The molecule has 0 amide bonds. The Labute approximate surface area is 124 Å². The Morgan fingerprint density at radius 1 is 1.14 bits per heavy atom. The van der Waals surface area contributed by atoms with Crippen molar-refractivity contribution in [2.75, 3.05) is 40.4 Å². The zero-order valence-corrected chi connectivity index (χ0v) is 12.6.